The minimum Gasteiger partial charge on any atom is -0.309 e. The molecular formula is C64H47N3. The summed E-state index contributed by atoms with van der Waals surface area (Å²) in [5, 5.41) is 18.4. The molecule has 0 atom stereocenters. The Kier molecular flexibility index (Phi) is 6.97. The van der Waals surface area contributed by atoms with Crippen molar-refractivity contribution in [2.24, 2.45) is 0 Å². The second-order valence-corrected chi connectivity index (χ2v) is 21.3. The molecule has 3 heteroatoms. The van der Waals surface area contributed by atoms with Crippen LogP contribution in [0, 0.1) is 0 Å². The summed E-state index contributed by atoms with van der Waals surface area (Å²) >= 11 is 0. The number of para-hydroxylation sites is 2. The molecule has 0 aliphatic heterocycles. The first-order valence-electron chi connectivity index (χ1n) is 23.9. The Morgan fingerprint density at radius 2 is 0.866 bits per heavy atom. The third kappa shape index (κ3) is 4.76. The van der Waals surface area contributed by atoms with Crippen LogP contribution in [-0.2, 0) is 10.8 Å². The van der Waals surface area contributed by atoms with E-state index in [-0.39, 0.29) is 10.8 Å². The fourth-order valence-corrected chi connectivity index (χ4v) is 12.4. The van der Waals surface area contributed by atoms with Crippen LogP contribution in [0.1, 0.15) is 52.7 Å². The summed E-state index contributed by atoms with van der Waals surface area (Å²) in [7, 11) is 0. The molecule has 318 valence electrons. The molecule has 0 fully saturated rings. The highest BCUT2D eigenvalue weighted by Gasteiger charge is 2.30. The van der Waals surface area contributed by atoms with Gasteiger partial charge in [0.05, 0.1) is 44.1 Å². The summed E-state index contributed by atoms with van der Waals surface area (Å²) in [5.74, 6) is 0. The minimum absolute atomic E-state index is 0.0489. The topological polar surface area (TPSA) is 13.8 Å². The average molecular weight is 858 g/mol. The number of fused-ring (bicyclic) bond motifs is 20. The Balaban J connectivity index is 1.14. The molecule has 3 nitrogen and oxygen atoms in total. The first kappa shape index (κ1) is 37.4. The second-order valence-electron chi connectivity index (χ2n) is 21.3. The Labute approximate surface area is 387 Å². The van der Waals surface area contributed by atoms with E-state index in [4.69, 9.17) is 0 Å². The molecule has 5 aromatic heterocycles. The van der Waals surface area contributed by atoms with Gasteiger partial charge in [0.15, 0.2) is 0 Å². The fraction of sp³-hybridized carbons (Fsp3) is 0.125. The molecule has 0 N–H and O–H groups in total. The zero-order valence-electron chi connectivity index (χ0n) is 38.6. The number of benzene rings is 10. The maximum atomic E-state index is 2.66. The minimum atomic E-state index is -0.0711. The molecular weight excluding hydrogens is 811 g/mol. The first-order valence-corrected chi connectivity index (χ1v) is 23.9. The standard InChI is InChI=1S/C64H47N3/c1-63(2,3)39-32-45(38-25-26-52-46(30-38)44-22-14-15-23-51(44)65(52)41-18-8-7-9-19-41)60-48(33-39)47-31-37-17-11-13-21-43(37)58-59-55(67(60)62(47)58)29-28-54-57(59)50-35-40(64(4,5)6)34-49-56-42-20-12-10-16-36(42)24-27-53(56)66(54)61(49)50/h7-35H,1-6H3. The molecule has 0 saturated carbocycles. The zero-order valence-corrected chi connectivity index (χ0v) is 38.6. The van der Waals surface area contributed by atoms with E-state index in [1.807, 2.05) is 0 Å². The SMILES string of the molecule is CC(C)(C)c1cc(-c2ccc3c(c2)c2ccccc2n3-c2ccccc2)c2c(c1)c1cc3ccccc3c3c4c5c6cc(C(C)(C)C)cc7c8c9ccccc9ccc8n(c5ccc4n2c13)c76. The van der Waals surface area contributed by atoms with Crippen LogP contribution >= 0.6 is 0 Å². The van der Waals surface area contributed by atoms with Gasteiger partial charge in [0, 0.05) is 65.1 Å². The summed E-state index contributed by atoms with van der Waals surface area (Å²) in [6, 6.07) is 67.0. The number of aromatic nitrogens is 3. The molecule has 10 aromatic carbocycles. The molecule has 0 amide bonds. The summed E-state index contributed by atoms with van der Waals surface area (Å²) < 4.78 is 7.67. The summed E-state index contributed by atoms with van der Waals surface area (Å²) in [4.78, 5) is 0. The summed E-state index contributed by atoms with van der Waals surface area (Å²) in [6.07, 6.45) is 0. The van der Waals surface area contributed by atoms with Gasteiger partial charge < -0.3 is 13.4 Å². The fourth-order valence-electron chi connectivity index (χ4n) is 12.4. The highest BCUT2D eigenvalue weighted by Crippen LogP contribution is 2.52. The van der Waals surface area contributed by atoms with Crippen LogP contribution in [0.4, 0.5) is 0 Å². The van der Waals surface area contributed by atoms with Gasteiger partial charge in [-0.25, -0.2) is 0 Å². The third-order valence-electron chi connectivity index (χ3n) is 15.5. The van der Waals surface area contributed by atoms with Crippen molar-refractivity contribution in [1.82, 2.24) is 13.4 Å². The van der Waals surface area contributed by atoms with Gasteiger partial charge in [-0.05, 0) is 128 Å². The van der Waals surface area contributed by atoms with Gasteiger partial charge >= 0.3 is 0 Å². The second kappa shape index (κ2) is 12.5. The zero-order chi connectivity index (χ0) is 44.8. The molecule has 0 aliphatic rings. The van der Waals surface area contributed by atoms with Crippen LogP contribution in [0.3, 0.4) is 0 Å². The highest BCUT2D eigenvalue weighted by molar-refractivity contribution is 6.40. The van der Waals surface area contributed by atoms with E-state index in [0.29, 0.717) is 0 Å². The van der Waals surface area contributed by atoms with Crippen LogP contribution in [0.25, 0.3) is 136 Å². The van der Waals surface area contributed by atoms with Gasteiger partial charge in [-0.3, -0.25) is 0 Å². The smallest absolute Gasteiger partial charge is 0.0627 e. The molecule has 0 saturated heterocycles. The molecule has 0 spiro atoms. The van der Waals surface area contributed by atoms with E-state index in [1.54, 1.807) is 0 Å². The lowest BCUT2D eigenvalue weighted by Gasteiger charge is -2.21. The van der Waals surface area contributed by atoms with Crippen LogP contribution in [0.5, 0.6) is 0 Å². The lowest BCUT2D eigenvalue weighted by atomic mass is 9.83. The van der Waals surface area contributed by atoms with Crippen molar-refractivity contribution in [2.45, 2.75) is 52.4 Å². The van der Waals surface area contributed by atoms with E-state index in [2.05, 4.69) is 231 Å². The lowest BCUT2D eigenvalue weighted by Crippen LogP contribution is -2.11. The Bertz CT molecular complexity index is 4620. The Hall–Kier alpha value is -7.88. The van der Waals surface area contributed by atoms with Crippen LogP contribution in [-0.4, -0.2) is 13.4 Å². The number of hydrogen-bond acceptors (Lipinski definition) is 0. The van der Waals surface area contributed by atoms with E-state index < -0.39 is 0 Å². The van der Waals surface area contributed by atoms with Crippen molar-refractivity contribution >= 4 is 120 Å². The van der Waals surface area contributed by atoms with Gasteiger partial charge in [-0.1, -0.05) is 139 Å². The quantitative estimate of drug-likeness (QED) is 0.164. The van der Waals surface area contributed by atoms with Gasteiger partial charge in [0.1, 0.15) is 0 Å². The van der Waals surface area contributed by atoms with Crippen molar-refractivity contribution < 1.29 is 0 Å². The van der Waals surface area contributed by atoms with Gasteiger partial charge in [0.2, 0.25) is 0 Å². The number of nitrogens with zero attached hydrogens (tertiary/aromatic N) is 3. The largest absolute Gasteiger partial charge is 0.309 e. The maximum Gasteiger partial charge on any atom is 0.0627 e. The highest BCUT2D eigenvalue weighted by atomic mass is 15.0. The normalized spacial score (nSPS) is 13.2. The molecule has 5 heterocycles. The predicted octanol–water partition coefficient (Wildman–Crippen LogP) is 17.7. The molecule has 0 aliphatic carbocycles. The van der Waals surface area contributed by atoms with E-state index >= 15 is 0 Å². The van der Waals surface area contributed by atoms with Crippen molar-refractivity contribution in [1.29, 1.82) is 0 Å². The van der Waals surface area contributed by atoms with Gasteiger partial charge in [0.25, 0.3) is 0 Å². The Morgan fingerprint density at radius 3 is 1.63 bits per heavy atom. The maximum absolute atomic E-state index is 2.66. The van der Waals surface area contributed by atoms with Gasteiger partial charge in [-0.2, -0.15) is 0 Å². The molecule has 15 aromatic rings. The molecule has 15 rings (SSSR count). The van der Waals surface area contributed by atoms with E-state index in [9.17, 15) is 0 Å². The van der Waals surface area contributed by atoms with Crippen molar-refractivity contribution in [2.75, 3.05) is 0 Å². The van der Waals surface area contributed by atoms with Crippen LogP contribution < -0.4 is 0 Å². The summed E-state index contributed by atoms with van der Waals surface area (Å²) in [5.41, 5.74) is 16.4. The summed E-state index contributed by atoms with van der Waals surface area (Å²) in [6.45, 7) is 14.1. The first-order chi connectivity index (χ1) is 32.5. The average Bonchev–Trinajstić information content (AvgIpc) is 4.13. The van der Waals surface area contributed by atoms with Crippen molar-refractivity contribution in [3.8, 4) is 16.8 Å². The van der Waals surface area contributed by atoms with Crippen molar-refractivity contribution in [3.63, 3.8) is 0 Å². The Morgan fingerprint density at radius 1 is 0.313 bits per heavy atom. The number of hydrogen-bond donors (Lipinski definition) is 0. The molecule has 0 bridgehead atoms. The molecule has 0 radical (unpaired) electrons. The lowest BCUT2D eigenvalue weighted by molar-refractivity contribution is 0.591. The van der Waals surface area contributed by atoms with Crippen LogP contribution in [0.2, 0.25) is 0 Å². The van der Waals surface area contributed by atoms with E-state index in [0.717, 1.165) is 0 Å². The van der Waals surface area contributed by atoms with E-state index in [1.165, 1.54) is 147 Å². The van der Waals surface area contributed by atoms with Crippen LogP contribution in [0.15, 0.2) is 176 Å². The number of rotatable bonds is 2. The van der Waals surface area contributed by atoms with Crippen molar-refractivity contribution in [3.05, 3.63) is 187 Å². The predicted molar refractivity (Wildman–Crippen MR) is 288 cm³/mol. The molecule has 0 unspecified atom stereocenters. The third-order valence-corrected chi connectivity index (χ3v) is 15.5. The molecule has 67 heavy (non-hydrogen) atoms. The monoisotopic (exact) mass is 857 g/mol. The van der Waals surface area contributed by atoms with Gasteiger partial charge in [-0.15, -0.1) is 0 Å².